The zero-order chi connectivity index (χ0) is 12.7. The van der Waals surface area contributed by atoms with Gasteiger partial charge in [-0.15, -0.1) is 0 Å². The van der Waals surface area contributed by atoms with Crippen LogP contribution in [0.25, 0.3) is 0 Å². The van der Waals surface area contributed by atoms with Crippen LogP contribution in [0.2, 0.25) is 0 Å². The summed E-state index contributed by atoms with van der Waals surface area (Å²) in [6.07, 6.45) is 6.51. The highest BCUT2D eigenvalue weighted by atomic mass is 16.2. The number of rotatable bonds is 3. The summed E-state index contributed by atoms with van der Waals surface area (Å²) < 4.78 is 0. The van der Waals surface area contributed by atoms with Crippen LogP contribution in [0.5, 0.6) is 0 Å². The number of carbonyl (C=O) groups excluding carboxylic acids is 1. The predicted octanol–water partition coefficient (Wildman–Crippen LogP) is 2.43. The van der Waals surface area contributed by atoms with Crippen LogP contribution in [-0.4, -0.2) is 23.9 Å². The molecule has 0 radical (unpaired) electrons. The molecule has 0 N–H and O–H groups in total. The largest absolute Gasteiger partial charge is 0.329 e. The van der Waals surface area contributed by atoms with E-state index in [0.29, 0.717) is 18.4 Å². The molecule has 0 spiro atoms. The smallest absolute Gasteiger partial charge is 0.227 e. The van der Waals surface area contributed by atoms with Gasteiger partial charge < -0.3 is 4.90 Å². The number of nitriles is 1. The molecule has 0 aliphatic heterocycles. The third-order valence-electron chi connectivity index (χ3n) is 5.47. The van der Waals surface area contributed by atoms with Gasteiger partial charge in [0.15, 0.2) is 0 Å². The standard InChI is InChI=1S/C15H22N2O/c1-2-17(4-3-16)15(18)14-12-6-10-5-11(8-12)9-13(14)7-10/h10-14H,2,4-9H2,1H3. The number of carbonyl (C=O) groups is 1. The lowest BCUT2D eigenvalue weighted by atomic mass is 9.51. The normalized spacial score (nSPS) is 40.6. The van der Waals surface area contributed by atoms with Gasteiger partial charge in [-0.1, -0.05) is 0 Å². The van der Waals surface area contributed by atoms with E-state index in [4.69, 9.17) is 5.26 Å². The van der Waals surface area contributed by atoms with Crippen LogP contribution in [0.1, 0.15) is 39.0 Å². The van der Waals surface area contributed by atoms with E-state index < -0.39 is 0 Å². The summed E-state index contributed by atoms with van der Waals surface area (Å²) in [5.74, 6) is 3.58. The van der Waals surface area contributed by atoms with Crippen molar-refractivity contribution in [1.82, 2.24) is 4.90 Å². The molecular formula is C15H22N2O. The number of hydrogen-bond acceptors (Lipinski definition) is 2. The van der Waals surface area contributed by atoms with Crippen molar-refractivity contribution >= 4 is 5.91 Å². The van der Waals surface area contributed by atoms with Crippen molar-refractivity contribution in [2.75, 3.05) is 13.1 Å². The molecule has 0 aromatic heterocycles. The van der Waals surface area contributed by atoms with Gasteiger partial charge in [-0.2, -0.15) is 5.26 Å². The van der Waals surface area contributed by atoms with Crippen molar-refractivity contribution in [3.63, 3.8) is 0 Å². The molecule has 4 aliphatic carbocycles. The molecule has 0 heterocycles. The van der Waals surface area contributed by atoms with Gasteiger partial charge in [-0.05, 0) is 62.7 Å². The lowest BCUT2D eigenvalue weighted by Crippen LogP contribution is -2.52. The van der Waals surface area contributed by atoms with Gasteiger partial charge in [0.25, 0.3) is 0 Å². The van der Waals surface area contributed by atoms with E-state index in [1.807, 2.05) is 6.92 Å². The van der Waals surface area contributed by atoms with E-state index in [9.17, 15) is 4.79 Å². The van der Waals surface area contributed by atoms with Crippen LogP contribution in [0.15, 0.2) is 0 Å². The van der Waals surface area contributed by atoms with E-state index in [1.54, 1.807) is 4.90 Å². The number of amides is 1. The van der Waals surface area contributed by atoms with Crippen molar-refractivity contribution in [1.29, 1.82) is 5.26 Å². The first kappa shape index (κ1) is 12.0. The summed E-state index contributed by atoms with van der Waals surface area (Å²) in [7, 11) is 0. The molecule has 4 rings (SSSR count). The Labute approximate surface area is 109 Å². The average molecular weight is 246 g/mol. The molecule has 1 amide bonds. The van der Waals surface area contributed by atoms with Crippen molar-refractivity contribution in [2.45, 2.75) is 39.0 Å². The van der Waals surface area contributed by atoms with E-state index in [2.05, 4.69) is 6.07 Å². The Morgan fingerprint density at radius 2 is 1.72 bits per heavy atom. The van der Waals surface area contributed by atoms with Crippen LogP contribution in [0.4, 0.5) is 0 Å². The highest BCUT2D eigenvalue weighted by Gasteiger charge is 2.51. The van der Waals surface area contributed by atoms with Crippen molar-refractivity contribution < 1.29 is 4.79 Å². The number of nitrogens with zero attached hydrogens (tertiary/aromatic N) is 2. The Bertz CT molecular complexity index is 356. The summed E-state index contributed by atoms with van der Waals surface area (Å²) in [6.45, 7) is 2.92. The van der Waals surface area contributed by atoms with Crippen LogP contribution in [-0.2, 0) is 4.79 Å². The minimum absolute atomic E-state index is 0.242. The Morgan fingerprint density at radius 1 is 1.17 bits per heavy atom. The summed E-state index contributed by atoms with van der Waals surface area (Å²) in [6, 6.07) is 2.13. The highest BCUT2D eigenvalue weighted by Crippen LogP contribution is 2.56. The second-order valence-corrected chi connectivity index (χ2v) is 6.47. The second kappa shape index (κ2) is 4.57. The van der Waals surface area contributed by atoms with Crippen LogP contribution in [0, 0.1) is 40.9 Å². The lowest BCUT2D eigenvalue weighted by Gasteiger charge is -2.54. The molecule has 4 aliphatic rings. The van der Waals surface area contributed by atoms with E-state index in [0.717, 1.165) is 11.8 Å². The zero-order valence-electron chi connectivity index (χ0n) is 11.1. The summed E-state index contributed by atoms with van der Waals surface area (Å²) in [5.41, 5.74) is 0. The molecule has 0 saturated heterocycles. The second-order valence-electron chi connectivity index (χ2n) is 6.47. The fourth-order valence-corrected chi connectivity index (χ4v) is 4.97. The Kier molecular flexibility index (Phi) is 3.05. The van der Waals surface area contributed by atoms with Crippen molar-refractivity contribution in [2.24, 2.45) is 29.6 Å². The first-order valence-corrected chi connectivity index (χ1v) is 7.38. The zero-order valence-corrected chi connectivity index (χ0v) is 11.1. The molecule has 3 heteroatoms. The number of hydrogen-bond donors (Lipinski definition) is 0. The highest BCUT2D eigenvalue weighted by molar-refractivity contribution is 5.80. The Hall–Kier alpha value is -1.04. The van der Waals surface area contributed by atoms with Crippen LogP contribution in [0.3, 0.4) is 0 Å². The monoisotopic (exact) mass is 246 g/mol. The molecule has 4 bridgehead atoms. The Balaban J connectivity index is 1.76. The average Bonchev–Trinajstić information content (AvgIpc) is 2.34. The van der Waals surface area contributed by atoms with Crippen molar-refractivity contribution in [3.05, 3.63) is 0 Å². The minimum Gasteiger partial charge on any atom is -0.329 e. The quantitative estimate of drug-likeness (QED) is 0.718. The SMILES string of the molecule is CCN(CC#N)C(=O)C1C2CC3CC(C2)CC1C3. The van der Waals surface area contributed by atoms with E-state index in [1.165, 1.54) is 32.1 Å². The topological polar surface area (TPSA) is 44.1 Å². The molecular weight excluding hydrogens is 224 g/mol. The summed E-state index contributed by atoms with van der Waals surface area (Å²) in [4.78, 5) is 14.4. The maximum absolute atomic E-state index is 12.6. The van der Waals surface area contributed by atoms with Crippen LogP contribution >= 0.6 is 0 Å². The van der Waals surface area contributed by atoms with Gasteiger partial charge in [-0.3, -0.25) is 4.79 Å². The van der Waals surface area contributed by atoms with Crippen molar-refractivity contribution in [3.8, 4) is 6.07 Å². The molecule has 4 saturated carbocycles. The molecule has 0 aromatic rings. The molecule has 98 valence electrons. The fourth-order valence-electron chi connectivity index (χ4n) is 4.97. The predicted molar refractivity (Wildman–Crippen MR) is 68.4 cm³/mol. The molecule has 18 heavy (non-hydrogen) atoms. The third-order valence-corrected chi connectivity index (χ3v) is 5.47. The maximum atomic E-state index is 12.6. The maximum Gasteiger partial charge on any atom is 0.227 e. The third kappa shape index (κ3) is 1.83. The van der Waals surface area contributed by atoms with Gasteiger partial charge in [0.05, 0.1) is 6.07 Å². The first-order chi connectivity index (χ1) is 8.72. The molecule has 4 fully saturated rings. The van der Waals surface area contributed by atoms with Gasteiger partial charge >= 0.3 is 0 Å². The molecule has 0 aromatic carbocycles. The first-order valence-electron chi connectivity index (χ1n) is 7.38. The Morgan fingerprint density at radius 3 is 2.17 bits per heavy atom. The van der Waals surface area contributed by atoms with Crippen LogP contribution < -0.4 is 0 Å². The summed E-state index contributed by atoms with van der Waals surface area (Å²) in [5, 5.41) is 8.82. The molecule has 0 atom stereocenters. The molecule has 0 unspecified atom stereocenters. The van der Waals surface area contributed by atoms with E-state index in [-0.39, 0.29) is 18.4 Å². The summed E-state index contributed by atoms with van der Waals surface area (Å²) >= 11 is 0. The van der Waals surface area contributed by atoms with Gasteiger partial charge in [-0.25, -0.2) is 0 Å². The van der Waals surface area contributed by atoms with Gasteiger partial charge in [0, 0.05) is 12.5 Å². The van der Waals surface area contributed by atoms with Gasteiger partial charge in [0.1, 0.15) is 6.54 Å². The minimum atomic E-state index is 0.242. The van der Waals surface area contributed by atoms with Gasteiger partial charge in [0.2, 0.25) is 5.91 Å². The lowest BCUT2D eigenvalue weighted by molar-refractivity contribution is -0.148. The molecule has 3 nitrogen and oxygen atoms in total. The van der Waals surface area contributed by atoms with E-state index >= 15 is 0 Å². The fraction of sp³-hybridized carbons (Fsp3) is 0.867.